The van der Waals surface area contributed by atoms with E-state index in [1.165, 1.54) is 0 Å². The number of fused-ring (bicyclic) bond motifs is 1. The van der Waals surface area contributed by atoms with Crippen LogP contribution >= 0.6 is 0 Å². The zero-order valence-electron chi connectivity index (χ0n) is 13.3. The molecule has 0 radical (unpaired) electrons. The molecule has 1 aliphatic heterocycles. The average Bonchev–Trinajstić information content (AvgIpc) is 2.46. The van der Waals surface area contributed by atoms with E-state index in [4.69, 9.17) is 4.74 Å². The molecule has 0 fully saturated rings. The van der Waals surface area contributed by atoms with Crippen LogP contribution in [0, 0.1) is 11.3 Å². The molecule has 1 amide bonds. The fraction of sp³-hybridized carbons (Fsp3) is 0.533. The molecule has 0 spiro atoms. The Bertz CT molecular complexity index is 681. The van der Waals surface area contributed by atoms with Crippen LogP contribution < -0.4 is 14.8 Å². The molecule has 0 saturated carbocycles. The van der Waals surface area contributed by atoms with Gasteiger partial charge in [-0.05, 0) is 31.9 Å². The summed E-state index contributed by atoms with van der Waals surface area (Å²) < 4.78 is 32.1. The number of sulfonamides is 1. The molecule has 0 aliphatic carbocycles. The van der Waals surface area contributed by atoms with Gasteiger partial charge in [-0.15, -0.1) is 0 Å². The van der Waals surface area contributed by atoms with Gasteiger partial charge in [-0.3, -0.25) is 9.52 Å². The summed E-state index contributed by atoms with van der Waals surface area (Å²) in [7, 11) is -3.40. The van der Waals surface area contributed by atoms with Gasteiger partial charge in [-0.2, -0.15) is 0 Å². The van der Waals surface area contributed by atoms with Gasteiger partial charge in [0.15, 0.2) is 0 Å². The minimum absolute atomic E-state index is 0.0367. The maximum Gasteiger partial charge on any atom is 0.233 e. The summed E-state index contributed by atoms with van der Waals surface area (Å²) in [5.74, 6) is 0.423. The topological polar surface area (TPSA) is 84.5 Å². The summed E-state index contributed by atoms with van der Waals surface area (Å²) in [5, 5.41) is 2.79. The van der Waals surface area contributed by atoms with E-state index in [2.05, 4.69) is 10.0 Å². The Hall–Kier alpha value is -1.76. The fourth-order valence-electron chi connectivity index (χ4n) is 2.08. The Labute approximate surface area is 131 Å². The van der Waals surface area contributed by atoms with E-state index >= 15 is 0 Å². The summed E-state index contributed by atoms with van der Waals surface area (Å²) in [6, 6.07) is 4.84. The van der Waals surface area contributed by atoms with Crippen LogP contribution in [0.5, 0.6) is 5.75 Å². The highest BCUT2D eigenvalue weighted by Crippen LogP contribution is 2.34. The minimum atomic E-state index is -3.40. The summed E-state index contributed by atoms with van der Waals surface area (Å²) in [4.78, 5) is 12.0. The van der Waals surface area contributed by atoms with Gasteiger partial charge in [0, 0.05) is 6.07 Å². The quantitative estimate of drug-likeness (QED) is 0.890. The number of hydrogen-bond donors (Lipinski definition) is 2. The maximum absolute atomic E-state index is 12.0. The Morgan fingerprint density at radius 3 is 2.68 bits per heavy atom. The van der Waals surface area contributed by atoms with E-state index in [1.807, 2.05) is 13.8 Å². The summed E-state index contributed by atoms with van der Waals surface area (Å²) >= 11 is 0. The number of hydrogen-bond acceptors (Lipinski definition) is 4. The van der Waals surface area contributed by atoms with E-state index in [1.54, 1.807) is 32.0 Å². The van der Waals surface area contributed by atoms with Crippen LogP contribution in [0.3, 0.4) is 0 Å². The van der Waals surface area contributed by atoms with Crippen molar-refractivity contribution < 1.29 is 17.9 Å². The van der Waals surface area contributed by atoms with Gasteiger partial charge in [0.05, 0.1) is 22.5 Å². The van der Waals surface area contributed by atoms with Crippen LogP contribution in [0.25, 0.3) is 0 Å². The third-order valence-corrected chi connectivity index (χ3v) is 4.91. The lowest BCUT2D eigenvalue weighted by molar-refractivity contribution is -0.124. The number of ether oxygens (including phenoxy) is 1. The van der Waals surface area contributed by atoms with E-state index in [-0.39, 0.29) is 24.2 Å². The SMILES string of the molecule is CC(C)CS(=O)(=O)Nc1ccc2c(c1)OCC(C)(C)C(=O)N2. The second-order valence-electron chi connectivity index (χ2n) is 6.61. The second kappa shape index (κ2) is 5.79. The molecule has 0 unspecified atom stereocenters. The summed E-state index contributed by atoms with van der Waals surface area (Å²) in [5.41, 5.74) is 0.326. The molecular formula is C15H22N2O4S. The lowest BCUT2D eigenvalue weighted by Gasteiger charge is -2.18. The highest BCUT2D eigenvalue weighted by Gasteiger charge is 2.32. The Kier molecular flexibility index (Phi) is 4.37. The number of carbonyl (C=O) groups excluding carboxylic acids is 1. The van der Waals surface area contributed by atoms with Crippen LogP contribution in [-0.4, -0.2) is 26.7 Å². The molecule has 1 aromatic carbocycles. The number of rotatable bonds is 4. The van der Waals surface area contributed by atoms with Crippen molar-refractivity contribution in [1.29, 1.82) is 0 Å². The molecular weight excluding hydrogens is 304 g/mol. The minimum Gasteiger partial charge on any atom is -0.490 e. The first-order valence-corrected chi connectivity index (χ1v) is 8.83. The number of carbonyl (C=O) groups is 1. The van der Waals surface area contributed by atoms with Crippen LogP contribution in [0.4, 0.5) is 11.4 Å². The van der Waals surface area contributed by atoms with Gasteiger partial charge in [0.25, 0.3) is 0 Å². The molecule has 6 nitrogen and oxygen atoms in total. The standard InChI is InChI=1S/C15H22N2O4S/c1-10(2)8-22(19,20)17-11-5-6-12-13(7-11)21-9-15(3,4)14(18)16-12/h5-7,10,17H,8-9H2,1-4H3,(H,16,18). The first-order chi connectivity index (χ1) is 10.1. The predicted octanol–water partition coefficient (Wildman–Crippen LogP) is 2.44. The lowest BCUT2D eigenvalue weighted by atomic mass is 9.94. The molecule has 7 heteroatoms. The van der Waals surface area contributed by atoms with Gasteiger partial charge < -0.3 is 10.1 Å². The highest BCUT2D eigenvalue weighted by molar-refractivity contribution is 7.92. The Morgan fingerprint density at radius 2 is 2.05 bits per heavy atom. The van der Waals surface area contributed by atoms with Crippen molar-refractivity contribution in [3.05, 3.63) is 18.2 Å². The highest BCUT2D eigenvalue weighted by atomic mass is 32.2. The zero-order chi connectivity index (χ0) is 16.5. The molecule has 1 aliphatic rings. The van der Waals surface area contributed by atoms with Crippen LogP contribution in [-0.2, 0) is 14.8 Å². The normalized spacial score (nSPS) is 17.2. The first-order valence-electron chi connectivity index (χ1n) is 7.18. The zero-order valence-corrected chi connectivity index (χ0v) is 14.1. The molecule has 0 aromatic heterocycles. The predicted molar refractivity (Wildman–Crippen MR) is 86.6 cm³/mol. The van der Waals surface area contributed by atoms with Crippen molar-refractivity contribution in [1.82, 2.24) is 0 Å². The van der Waals surface area contributed by atoms with Crippen LogP contribution in [0.15, 0.2) is 18.2 Å². The third kappa shape index (κ3) is 3.91. The lowest BCUT2D eigenvalue weighted by Crippen LogP contribution is -2.33. The van der Waals surface area contributed by atoms with Crippen LogP contribution in [0.1, 0.15) is 27.7 Å². The molecule has 1 heterocycles. The molecule has 0 bridgehead atoms. The largest absolute Gasteiger partial charge is 0.490 e. The van der Waals surface area contributed by atoms with Crippen LogP contribution in [0.2, 0.25) is 0 Å². The van der Waals surface area contributed by atoms with Crippen molar-refractivity contribution in [2.75, 3.05) is 22.4 Å². The number of anilines is 2. The van der Waals surface area contributed by atoms with Crippen molar-refractivity contribution in [2.24, 2.45) is 11.3 Å². The third-order valence-electron chi connectivity index (χ3n) is 3.26. The fourth-order valence-corrected chi connectivity index (χ4v) is 3.53. The van der Waals surface area contributed by atoms with Crippen molar-refractivity contribution in [3.63, 3.8) is 0 Å². The van der Waals surface area contributed by atoms with Gasteiger partial charge >= 0.3 is 0 Å². The van der Waals surface area contributed by atoms with Gasteiger partial charge in [0.1, 0.15) is 12.4 Å². The summed E-state index contributed by atoms with van der Waals surface area (Å²) in [6.45, 7) is 7.50. The van der Waals surface area contributed by atoms with Gasteiger partial charge in [0.2, 0.25) is 15.9 Å². The molecule has 2 rings (SSSR count). The Balaban J connectivity index is 2.23. The first kappa shape index (κ1) is 16.6. The van der Waals surface area contributed by atoms with E-state index < -0.39 is 15.4 Å². The molecule has 0 atom stereocenters. The molecule has 1 aromatic rings. The molecule has 122 valence electrons. The molecule has 22 heavy (non-hydrogen) atoms. The van der Waals surface area contributed by atoms with Crippen molar-refractivity contribution in [2.45, 2.75) is 27.7 Å². The molecule has 2 N–H and O–H groups in total. The number of nitrogens with one attached hydrogen (secondary N) is 2. The van der Waals surface area contributed by atoms with E-state index in [9.17, 15) is 13.2 Å². The number of amides is 1. The van der Waals surface area contributed by atoms with E-state index in [0.717, 1.165) is 0 Å². The second-order valence-corrected chi connectivity index (χ2v) is 8.38. The number of benzene rings is 1. The maximum atomic E-state index is 12.0. The molecule has 0 saturated heterocycles. The van der Waals surface area contributed by atoms with Crippen molar-refractivity contribution >= 4 is 27.3 Å². The Morgan fingerprint density at radius 1 is 1.36 bits per heavy atom. The smallest absolute Gasteiger partial charge is 0.233 e. The van der Waals surface area contributed by atoms with E-state index in [0.29, 0.717) is 17.1 Å². The summed E-state index contributed by atoms with van der Waals surface area (Å²) in [6.07, 6.45) is 0. The van der Waals surface area contributed by atoms with Gasteiger partial charge in [-0.25, -0.2) is 8.42 Å². The average molecular weight is 326 g/mol. The monoisotopic (exact) mass is 326 g/mol. The van der Waals surface area contributed by atoms with Gasteiger partial charge in [-0.1, -0.05) is 13.8 Å². The van der Waals surface area contributed by atoms with Crippen molar-refractivity contribution in [3.8, 4) is 5.75 Å².